The van der Waals surface area contributed by atoms with Crippen LogP contribution in [0.25, 0.3) is 10.2 Å². The summed E-state index contributed by atoms with van der Waals surface area (Å²) in [5.74, 6) is -1.11. The third-order valence-electron chi connectivity index (χ3n) is 6.06. The lowest BCUT2D eigenvalue weighted by Crippen LogP contribution is -2.52. The topological polar surface area (TPSA) is 79.4 Å². The van der Waals surface area contributed by atoms with Gasteiger partial charge in [0, 0.05) is 12.5 Å². The number of aromatic nitrogens is 1. The summed E-state index contributed by atoms with van der Waals surface area (Å²) in [6.45, 7) is 5.95. The maximum Gasteiger partial charge on any atom is 0.243 e. The van der Waals surface area contributed by atoms with Crippen molar-refractivity contribution in [1.29, 1.82) is 0 Å². The fourth-order valence-corrected chi connectivity index (χ4v) is 5.66. The van der Waals surface area contributed by atoms with Crippen molar-refractivity contribution in [1.82, 2.24) is 15.2 Å². The molecule has 1 aliphatic carbocycles. The number of nitrogens with zero attached hydrogens (tertiary/aromatic N) is 2. The summed E-state index contributed by atoms with van der Waals surface area (Å²) in [6.07, 6.45) is 6.16. The van der Waals surface area contributed by atoms with E-state index in [1.54, 1.807) is 11.3 Å². The van der Waals surface area contributed by atoms with Gasteiger partial charge in [0.2, 0.25) is 17.7 Å². The number of para-hydroxylation sites is 1. The van der Waals surface area contributed by atoms with Gasteiger partial charge in [-0.25, -0.2) is 4.98 Å². The van der Waals surface area contributed by atoms with E-state index in [4.69, 9.17) is 0 Å². The van der Waals surface area contributed by atoms with Gasteiger partial charge in [0.1, 0.15) is 6.04 Å². The van der Waals surface area contributed by atoms with E-state index in [1.807, 2.05) is 57.2 Å². The third-order valence-corrected chi connectivity index (χ3v) is 7.12. The van der Waals surface area contributed by atoms with E-state index in [1.165, 1.54) is 4.90 Å². The van der Waals surface area contributed by atoms with Crippen LogP contribution < -0.4 is 5.32 Å². The molecule has 0 bridgehead atoms. The van der Waals surface area contributed by atoms with Crippen LogP contribution in [-0.4, -0.2) is 39.7 Å². The quantitative estimate of drug-likeness (QED) is 0.527. The highest BCUT2D eigenvalue weighted by molar-refractivity contribution is 7.18. The molecule has 0 saturated carbocycles. The number of hydrogen-bond acceptors (Lipinski definition) is 5. The summed E-state index contributed by atoms with van der Waals surface area (Å²) in [4.78, 5) is 45.2. The number of benzene rings is 1. The second kappa shape index (κ2) is 8.91. The molecule has 0 spiro atoms. The summed E-state index contributed by atoms with van der Waals surface area (Å²) in [5, 5.41) is 4.00. The number of amides is 3. The average Bonchev–Trinajstić information content (AvgIpc) is 3.24. The van der Waals surface area contributed by atoms with Gasteiger partial charge in [-0.1, -0.05) is 38.1 Å². The monoisotopic (exact) mass is 439 g/mol. The molecule has 1 N–H and O–H groups in total. The summed E-state index contributed by atoms with van der Waals surface area (Å²) in [7, 11) is 0. The van der Waals surface area contributed by atoms with Crippen molar-refractivity contribution in [2.24, 2.45) is 17.8 Å². The van der Waals surface area contributed by atoms with Crippen LogP contribution in [0.3, 0.4) is 0 Å². The maximum atomic E-state index is 13.2. The lowest BCUT2D eigenvalue weighted by atomic mass is 9.85. The molecule has 2 aromatic rings. The Morgan fingerprint density at radius 1 is 1.13 bits per heavy atom. The Balaban J connectivity index is 1.47. The largest absolute Gasteiger partial charge is 0.351 e. The van der Waals surface area contributed by atoms with Gasteiger partial charge >= 0.3 is 0 Å². The molecule has 6 nitrogen and oxygen atoms in total. The molecule has 7 heteroatoms. The fraction of sp³-hybridized carbons (Fsp3) is 0.500. The van der Waals surface area contributed by atoms with Crippen LogP contribution in [0.15, 0.2) is 36.4 Å². The standard InChI is InChI=1S/C24H29N3O3S/c1-14(2)12-19(27-23(29)16-8-4-5-9-17(16)24(27)30)22(28)25-15(3)13-21-26-18-10-6-7-11-20(18)31-21/h4-7,10-11,14-17,19H,8-9,12-13H2,1-3H3,(H,25,28)/t15-,16-,17+,19+/m0/s1. The van der Waals surface area contributed by atoms with Crippen LogP contribution in [0.5, 0.6) is 0 Å². The molecule has 164 valence electrons. The molecule has 1 aromatic heterocycles. The number of allylic oxidation sites excluding steroid dienone is 2. The van der Waals surface area contributed by atoms with Gasteiger partial charge < -0.3 is 5.32 Å². The molecule has 1 saturated heterocycles. The van der Waals surface area contributed by atoms with Gasteiger partial charge in [-0.15, -0.1) is 11.3 Å². The molecule has 4 rings (SSSR count). The summed E-state index contributed by atoms with van der Waals surface area (Å²) < 4.78 is 1.12. The predicted molar refractivity (Wildman–Crippen MR) is 121 cm³/mol. The molecule has 3 amide bonds. The van der Waals surface area contributed by atoms with Crippen molar-refractivity contribution < 1.29 is 14.4 Å². The predicted octanol–water partition coefficient (Wildman–Crippen LogP) is 3.71. The van der Waals surface area contributed by atoms with E-state index in [2.05, 4.69) is 10.3 Å². The Hall–Kier alpha value is -2.54. The second-order valence-corrected chi connectivity index (χ2v) is 10.2. The first kappa shape index (κ1) is 21.7. The van der Waals surface area contributed by atoms with Gasteiger partial charge in [-0.05, 0) is 44.2 Å². The van der Waals surface area contributed by atoms with Gasteiger partial charge in [0.15, 0.2) is 0 Å². The number of nitrogens with one attached hydrogen (secondary N) is 1. The van der Waals surface area contributed by atoms with Crippen LogP contribution in [0, 0.1) is 17.8 Å². The SMILES string of the molecule is CC(C)C[C@H](C(=O)N[C@@H](C)Cc1nc2ccccc2s1)N1C(=O)[C@H]2CC=CC[C@H]2C1=O. The minimum absolute atomic E-state index is 0.153. The Labute approximate surface area is 186 Å². The van der Waals surface area contributed by atoms with Gasteiger partial charge in [0.05, 0.1) is 27.1 Å². The molecule has 0 radical (unpaired) electrons. The fourth-order valence-electron chi connectivity index (χ4n) is 4.57. The van der Waals surface area contributed by atoms with E-state index in [0.29, 0.717) is 25.7 Å². The number of thiazole rings is 1. The molecular weight excluding hydrogens is 410 g/mol. The van der Waals surface area contributed by atoms with Crippen LogP contribution in [0.1, 0.15) is 45.0 Å². The van der Waals surface area contributed by atoms with Crippen LogP contribution >= 0.6 is 11.3 Å². The van der Waals surface area contributed by atoms with Crippen molar-refractivity contribution in [2.75, 3.05) is 0 Å². The third kappa shape index (κ3) is 4.42. The summed E-state index contributed by atoms with van der Waals surface area (Å²) >= 11 is 1.62. The number of carbonyl (C=O) groups is 3. The normalized spacial score (nSPS) is 22.8. The Kier molecular flexibility index (Phi) is 6.23. The molecule has 1 aliphatic heterocycles. The molecule has 0 unspecified atom stereocenters. The molecule has 2 heterocycles. The van der Waals surface area contributed by atoms with E-state index < -0.39 is 6.04 Å². The first-order valence-corrected chi connectivity index (χ1v) is 11.8. The first-order valence-electron chi connectivity index (χ1n) is 11.0. The van der Waals surface area contributed by atoms with Crippen LogP contribution in [0.4, 0.5) is 0 Å². The highest BCUT2D eigenvalue weighted by atomic mass is 32.1. The Morgan fingerprint density at radius 2 is 1.77 bits per heavy atom. The maximum absolute atomic E-state index is 13.2. The van der Waals surface area contributed by atoms with Crippen LogP contribution in [-0.2, 0) is 20.8 Å². The molecule has 1 fully saturated rings. The minimum atomic E-state index is -0.761. The van der Waals surface area contributed by atoms with Gasteiger partial charge in [-0.3, -0.25) is 19.3 Å². The smallest absolute Gasteiger partial charge is 0.243 e. The number of likely N-dealkylation sites (tertiary alicyclic amines) is 1. The lowest BCUT2D eigenvalue weighted by molar-refractivity contribution is -0.148. The molecule has 4 atom stereocenters. The van der Waals surface area contributed by atoms with E-state index in [0.717, 1.165) is 15.2 Å². The minimum Gasteiger partial charge on any atom is -0.351 e. The number of fused-ring (bicyclic) bond motifs is 2. The number of rotatable bonds is 7. The van der Waals surface area contributed by atoms with Crippen molar-refractivity contribution in [3.63, 3.8) is 0 Å². The van der Waals surface area contributed by atoms with E-state index in [9.17, 15) is 14.4 Å². The molecule has 31 heavy (non-hydrogen) atoms. The first-order chi connectivity index (χ1) is 14.8. The van der Waals surface area contributed by atoms with Crippen molar-refractivity contribution in [2.45, 2.75) is 58.5 Å². The molecular formula is C24H29N3O3S. The van der Waals surface area contributed by atoms with Crippen molar-refractivity contribution >= 4 is 39.3 Å². The Bertz CT molecular complexity index is 969. The van der Waals surface area contributed by atoms with Gasteiger partial charge in [0.25, 0.3) is 0 Å². The highest BCUT2D eigenvalue weighted by Crippen LogP contribution is 2.37. The zero-order valence-electron chi connectivity index (χ0n) is 18.2. The summed E-state index contributed by atoms with van der Waals surface area (Å²) in [5.41, 5.74) is 0.961. The average molecular weight is 440 g/mol. The number of imide groups is 1. The summed E-state index contributed by atoms with van der Waals surface area (Å²) in [6, 6.07) is 7.06. The molecule has 2 aliphatic rings. The molecule has 1 aromatic carbocycles. The van der Waals surface area contributed by atoms with E-state index in [-0.39, 0.29) is 41.5 Å². The van der Waals surface area contributed by atoms with Crippen molar-refractivity contribution in [3.8, 4) is 0 Å². The van der Waals surface area contributed by atoms with Crippen molar-refractivity contribution in [3.05, 3.63) is 41.4 Å². The highest BCUT2D eigenvalue weighted by Gasteiger charge is 2.51. The lowest BCUT2D eigenvalue weighted by Gasteiger charge is -2.28. The number of hydrogen-bond donors (Lipinski definition) is 1. The van der Waals surface area contributed by atoms with Gasteiger partial charge in [-0.2, -0.15) is 0 Å². The second-order valence-electron chi connectivity index (χ2n) is 9.04. The van der Waals surface area contributed by atoms with E-state index >= 15 is 0 Å². The zero-order valence-corrected chi connectivity index (χ0v) is 19.0. The Morgan fingerprint density at radius 3 is 2.39 bits per heavy atom. The van der Waals surface area contributed by atoms with Crippen LogP contribution in [0.2, 0.25) is 0 Å². The number of carbonyl (C=O) groups excluding carboxylic acids is 3. The zero-order chi connectivity index (χ0) is 22.1.